The monoisotopic (exact) mass is 452 g/mol. The zero-order valence-corrected chi connectivity index (χ0v) is 17.6. The Morgan fingerprint density at radius 3 is 2.39 bits per heavy atom. The number of aromatic nitrogens is 3. The minimum atomic E-state index is -0.549. The van der Waals surface area contributed by atoms with Gasteiger partial charge in [0, 0.05) is 47.2 Å². The molecule has 1 aliphatic heterocycles. The molecule has 0 unspecified atom stereocenters. The molecule has 5 fully saturated rings. The van der Waals surface area contributed by atoms with Crippen LogP contribution in [0.4, 0.5) is 5.95 Å². The van der Waals surface area contributed by atoms with Gasteiger partial charge in [-0.25, -0.2) is 0 Å². The molecule has 2 atom stereocenters. The van der Waals surface area contributed by atoms with Gasteiger partial charge in [0.15, 0.2) is 0 Å². The molecule has 4 aliphatic carbocycles. The molecule has 1 aromatic heterocycles. The molecule has 1 amide bonds. The van der Waals surface area contributed by atoms with Crippen LogP contribution >= 0.6 is 15.9 Å². The van der Waals surface area contributed by atoms with E-state index < -0.39 is 4.92 Å². The van der Waals surface area contributed by atoms with Crippen LogP contribution in [0.25, 0.3) is 0 Å². The van der Waals surface area contributed by atoms with E-state index in [0.717, 1.165) is 64.7 Å². The number of carbonyl (C=O) groups excluding carboxylic acids is 1. The van der Waals surface area contributed by atoms with Crippen LogP contribution in [0, 0.1) is 27.4 Å². The molecule has 4 saturated carbocycles. The first kappa shape index (κ1) is 18.5. The van der Waals surface area contributed by atoms with Crippen LogP contribution in [0.1, 0.15) is 38.5 Å². The third-order valence-corrected chi connectivity index (χ3v) is 7.96. The van der Waals surface area contributed by atoms with Crippen LogP contribution in [0.5, 0.6) is 0 Å². The zero-order chi connectivity index (χ0) is 19.7. The molecule has 2 heterocycles. The van der Waals surface area contributed by atoms with Gasteiger partial charge in [0.1, 0.15) is 0 Å². The van der Waals surface area contributed by atoms with Crippen molar-refractivity contribution in [1.29, 1.82) is 0 Å². The summed E-state index contributed by atoms with van der Waals surface area (Å²) in [7, 11) is 2.09. The Morgan fingerprint density at radius 2 is 1.82 bits per heavy atom. The summed E-state index contributed by atoms with van der Waals surface area (Å²) in [5, 5.41) is 15.4. The van der Waals surface area contributed by atoms with Crippen molar-refractivity contribution in [3.05, 3.63) is 14.8 Å². The summed E-state index contributed by atoms with van der Waals surface area (Å²) >= 11 is 3.40. The lowest BCUT2D eigenvalue weighted by Crippen LogP contribution is -2.62. The Balaban J connectivity index is 1.49. The Bertz CT molecular complexity index is 819. The molecule has 152 valence electrons. The van der Waals surface area contributed by atoms with Gasteiger partial charge in [-0.1, -0.05) is 0 Å². The number of nitrogens with zero attached hydrogens (tertiary/aromatic N) is 6. The quantitative estimate of drug-likeness (QED) is 0.513. The Morgan fingerprint density at radius 1 is 1.18 bits per heavy atom. The van der Waals surface area contributed by atoms with Gasteiger partial charge < -0.3 is 19.9 Å². The minimum Gasteiger partial charge on any atom is -0.390 e. The topological polar surface area (TPSA) is 97.4 Å². The molecular weight excluding hydrogens is 428 g/mol. The first-order valence-corrected chi connectivity index (χ1v) is 10.8. The van der Waals surface area contributed by atoms with E-state index in [4.69, 9.17) is 0 Å². The van der Waals surface area contributed by atoms with Crippen molar-refractivity contribution in [1.82, 2.24) is 24.6 Å². The average Bonchev–Trinajstić information content (AvgIpc) is 3.04. The van der Waals surface area contributed by atoms with Crippen molar-refractivity contribution >= 4 is 27.8 Å². The van der Waals surface area contributed by atoms with Crippen molar-refractivity contribution < 1.29 is 9.72 Å². The SMILES string of the molecule is CN1CCN(C(=O)C23C[C@@H]4C[C@@H](C2)CC(n2nc([N+](=O)[O-])nc2Br)(C4)C3)CC1. The van der Waals surface area contributed by atoms with E-state index >= 15 is 0 Å². The number of likely N-dealkylation sites (N-methyl/N-ethyl adjacent to an activating group) is 1. The number of carbonyl (C=O) groups is 1. The summed E-state index contributed by atoms with van der Waals surface area (Å²) in [6, 6.07) is 0. The van der Waals surface area contributed by atoms with Crippen molar-refractivity contribution in [3.63, 3.8) is 0 Å². The van der Waals surface area contributed by atoms with E-state index in [1.807, 2.05) is 0 Å². The lowest BCUT2D eigenvalue weighted by molar-refractivity contribution is -0.394. The number of hydrogen-bond donors (Lipinski definition) is 0. The van der Waals surface area contributed by atoms with Gasteiger partial charge in [-0.15, -0.1) is 0 Å². The molecule has 5 aliphatic rings. The first-order chi connectivity index (χ1) is 13.3. The molecule has 1 aromatic rings. The highest BCUT2D eigenvalue weighted by Crippen LogP contribution is 2.65. The van der Waals surface area contributed by atoms with Gasteiger partial charge in [-0.2, -0.15) is 4.68 Å². The Kier molecular flexibility index (Phi) is 4.11. The molecule has 10 heteroatoms. The van der Waals surface area contributed by atoms with E-state index in [9.17, 15) is 14.9 Å². The number of hydrogen-bond acceptors (Lipinski definition) is 6. The maximum absolute atomic E-state index is 13.7. The molecule has 0 N–H and O–H groups in total. The molecule has 0 radical (unpaired) electrons. The highest BCUT2D eigenvalue weighted by atomic mass is 79.9. The third-order valence-electron chi connectivity index (χ3n) is 7.44. The maximum Gasteiger partial charge on any atom is 0.492 e. The lowest BCUT2D eigenvalue weighted by Gasteiger charge is -2.61. The Hall–Kier alpha value is -1.55. The van der Waals surface area contributed by atoms with Gasteiger partial charge in [0.2, 0.25) is 5.91 Å². The summed E-state index contributed by atoms with van der Waals surface area (Å²) in [6.07, 6.45) is 5.64. The predicted octanol–water partition coefficient (Wildman–Crippen LogP) is 2.02. The normalized spacial score (nSPS) is 37.4. The smallest absolute Gasteiger partial charge is 0.390 e. The lowest BCUT2D eigenvalue weighted by atomic mass is 9.46. The summed E-state index contributed by atoms with van der Waals surface area (Å²) in [5.74, 6) is 0.882. The highest BCUT2D eigenvalue weighted by molar-refractivity contribution is 9.10. The highest BCUT2D eigenvalue weighted by Gasteiger charge is 2.63. The number of rotatable bonds is 3. The maximum atomic E-state index is 13.7. The molecule has 28 heavy (non-hydrogen) atoms. The van der Waals surface area contributed by atoms with Crippen molar-refractivity contribution in [2.45, 2.75) is 44.1 Å². The number of nitro groups is 1. The molecule has 9 nitrogen and oxygen atoms in total. The summed E-state index contributed by atoms with van der Waals surface area (Å²) < 4.78 is 2.14. The fourth-order valence-electron chi connectivity index (χ4n) is 6.72. The van der Waals surface area contributed by atoms with E-state index in [2.05, 4.69) is 42.9 Å². The Labute approximate surface area is 171 Å². The first-order valence-electron chi connectivity index (χ1n) is 10.1. The van der Waals surface area contributed by atoms with E-state index in [1.54, 1.807) is 4.68 Å². The summed E-state index contributed by atoms with van der Waals surface area (Å²) in [5.41, 5.74) is -0.688. The molecule has 4 bridgehead atoms. The second-order valence-corrected chi connectivity index (χ2v) is 10.1. The van der Waals surface area contributed by atoms with E-state index in [0.29, 0.717) is 22.5 Å². The molecule has 1 saturated heterocycles. The van der Waals surface area contributed by atoms with Crippen LogP contribution in [0.3, 0.4) is 0 Å². The number of halogens is 1. The van der Waals surface area contributed by atoms with Crippen LogP contribution in [-0.2, 0) is 10.3 Å². The fraction of sp³-hybridized carbons (Fsp3) is 0.833. The molecule has 0 spiro atoms. The number of piperazine rings is 1. The van der Waals surface area contributed by atoms with Crippen LogP contribution in [-0.4, -0.2) is 68.6 Å². The second kappa shape index (κ2) is 6.22. The number of amides is 1. The van der Waals surface area contributed by atoms with E-state index in [1.165, 1.54) is 0 Å². The van der Waals surface area contributed by atoms with Crippen molar-refractivity contribution in [2.24, 2.45) is 17.3 Å². The van der Waals surface area contributed by atoms with Gasteiger partial charge >= 0.3 is 5.95 Å². The standard InChI is InChI=1S/C18H25BrN6O3/c1-22-2-4-23(5-3-22)14(26)17-7-12-6-13(8-17)10-18(9-12,11-17)24-15(19)20-16(21-24)25(27)28/h12-13H,2-11H2,1H3/t12-,13-,17?,18?/m0/s1. The van der Waals surface area contributed by atoms with Gasteiger partial charge in [-0.05, 0) is 67.3 Å². The second-order valence-electron chi connectivity index (χ2n) is 9.41. The van der Waals surface area contributed by atoms with Crippen molar-refractivity contribution in [3.8, 4) is 0 Å². The van der Waals surface area contributed by atoms with Crippen LogP contribution < -0.4 is 0 Å². The van der Waals surface area contributed by atoms with Crippen LogP contribution in [0.15, 0.2) is 4.73 Å². The summed E-state index contributed by atoms with van der Waals surface area (Å²) in [4.78, 5) is 32.6. The molecular formula is C18H25BrN6O3. The predicted molar refractivity (Wildman–Crippen MR) is 104 cm³/mol. The largest absolute Gasteiger partial charge is 0.492 e. The van der Waals surface area contributed by atoms with Gasteiger partial charge in [0.25, 0.3) is 4.73 Å². The molecule has 0 aromatic carbocycles. The average molecular weight is 453 g/mol. The summed E-state index contributed by atoms with van der Waals surface area (Å²) in [6.45, 7) is 3.41. The zero-order valence-electron chi connectivity index (χ0n) is 16.0. The molecule has 6 rings (SSSR count). The van der Waals surface area contributed by atoms with Gasteiger partial charge in [-0.3, -0.25) is 4.79 Å². The van der Waals surface area contributed by atoms with E-state index in [-0.39, 0.29) is 16.9 Å². The van der Waals surface area contributed by atoms with Crippen molar-refractivity contribution in [2.75, 3.05) is 33.2 Å². The third kappa shape index (κ3) is 2.71. The minimum absolute atomic E-state index is 0.296. The van der Waals surface area contributed by atoms with Gasteiger partial charge in [0.05, 0.1) is 11.0 Å². The van der Waals surface area contributed by atoms with Crippen LogP contribution in [0.2, 0.25) is 0 Å². The fourth-order valence-corrected chi connectivity index (χ4v) is 7.33.